The zero-order chi connectivity index (χ0) is 18.6. The van der Waals surface area contributed by atoms with Crippen LogP contribution in [0.15, 0.2) is 41.2 Å². The van der Waals surface area contributed by atoms with E-state index in [1.165, 1.54) is 11.0 Å². The number of likely N-dealkylation sites (tertiary alicyclic amines) is 1. The molecule has 2 aromatic heterocycles. The highest BCUT2D eigenvalue weighted by Crippen LogP contribution is 2.30. The fourth-order valence-corrected chi connectivity index (χ4v) is 3.30. The topological polar surface area (TPSA) is 99.2 Å². The van der Waals surface area contributed by atoms with Gasteiger partial charge in [-0.2, -0.15) is 0 Å². The Labute approximate surface area is 155 Å². The van der Waals surface area contributed by atoms with Crippen LogP contribution < -0.4 is 4.74 Å². The van der Waals surface area contributed by atoms with E-state index in [0.717, 1.165) is 36.4 Å². The van der Waals surface area contributed by atoms with Crippen LogP contribution in [0.3, 0.4) is 0 Å². The molecule has 4 rings (SSSR count). The number of carbonyl (C=O) groups excluding carboxylic acids is 1. The first-order valence-electron chi connectivity index (χ1n) is 8.89. The third kappa shape index (κ3) is 3.81. The van der Waals surface area contributed by atoms with Gasteiger partial charge >= 0.3 is 0 Å². The Kier molecular flexibility index (Phi) is 4.82. The van der Waals surface area contributed by atoms with Crippen molar-refractivity contribution in [2.24, 2.45) is 0 Å². The molecule has 3 aromatic rings. The van der Waals surface area contributed by atoms with Gasteiger partial charge < -0.3 is 14.2 Å². The summed E-state index contributed by atoms with van der Waals surface area (Å²) in [5.74, 6) is 1.27. The molecule has 0 N–H and O–H groups in total. The summed E-state index contributed by atoms with van der Waals surface area (Å²) >= 11 is 0. The van der Waals surface area contributed by atoms with Crippen molar-refractivity contribution in [1.29, 1.82) is 0 Å². The summed E-state index contributed by atoms with van der Waals surface area (Å²) < 4.78 is 12.4. The van der Waals surface area contributed by atoms with Gasteiger partial charge in [-0.05, 0) is 48.7 Å². The van der Waals surface area contributed by atoms with Crippen LogP contribution in [-0.4, -0.2) is 49.3 Å². The minimum absolute atomic E-state index is 0.0353. The van der Waals surface area contributed by atoms with Crippen molar-refractivity contribution in [1.82, 2.24) is 30.3 Å². The molecule has 0 unspecified atom stereocenters. The van der Waals surface area contributed by atoms with E-state index >= 15 is 0 Å². The van der Waals surface area contributed by atoms with Crippen molar-refractivity contribution in [3.8, 4) is 11.4 Å². The largest absolute Gasteiger partial charge is 0.484 e. The number of amides is 1. The summed E-state index contributed by atoms with van der Waals surface area (Å²) in [6, 6.07) is 9.12. The molecule has 0 radical (unpaired) electrons. The Hall–Kier alpha value is -3.23. The molecule has 1 aliphatic heterocycles. The monoisotopic (exact) mass is 368 g/mol. The lowest BCUT2D eigenvalue weighted by Gasteiger charge is -2.34. The number of carbonyl (C=O) groups is 1. The molecule has 0 spiro atoms. The zero-order valence-electron chi connectivity index (χ0n) is 15.0. The Bertz CT molecular complexity index is 907. The van der Waals surface area contributed by atoms with E-state index in [1.807, 2.05) is 30.0 Å². The molecule has 0 bridgehead atoms. The number of nitrogens with zero attached hydrogens (tertiary/aromatic N) is 6. The lowest BCUT2D eigenvalue weighted by Crippen LogP contribution is -2.41. The second-order valence-electron chi connectivity index (χ2n) is 6.50. The summed E-state index contributed by atoms with van der Waals surface area (Å²) in [5, 5.41) is 15.2. The molecule has 3 heterocycles. The predicted octanol–water partition coefficient (Wildman–Crippen LogP) is 2.09. The number of benzene rings is 1. The molecule has 0 saturated carbocycles. The van der Waals surface area contributed by atoms with Gasteiger partial charge in [-0.25, -0.2) is 4.68 Å². The van der Waals surface area contributed by atoms with Crippen molar-refractivity contribution in [2.75, 3.05) is 13.2 Å². The zero-order valence-corrected chi connectivity index (χ0v) is 15.0. The maximum Gasteiger partial charge on any atom is 0.261 e. The first-order valence-corrected chi connectivity index (χ1v) is 8.89. The SMILES string of the molecule is Cc1cc([C@@H]2CCCCN2C(=O)COc2cccc(-n3cnnn3)c2)no1. The molecule has 1 atom stereocenters. The Balaban J connectivity index is 1.43. The average Bonchev–Trinajstić information content (AvgIpc) is 3.38. The molecule has 9 heteroatoms. The third-order valence-electron chi connectivity index (χ3n) is 4.60. The highest BCUT2D eigenvalue weighted by molar-refractivity contribution is 5.78. The van der Waals surface area contributed by atoms with Gasteiger partial charge in [0.05, 0.1) is 11.7 Å². The number of hydrogen-bond donors (Lipinski definition) is 0. The Morgan fingerprint density at radius 2 is 2.26 bits per heavy atom. The molecule has 140 valence electrons. The van der Waals surface area contributed by atoms with Gasteiger partial charge in [-0.3, -0.25) is 4.79 Å². The third-order valence-corrected chi connectivity index (χ3v) is 4.60. The highest BCUT2D eigenvalue weighted by Gasteiger charge is 2.30. The molecule has 1 amide bonds. The van der Waals surface area contributed by atoms with E-state index in [4.69, 9.17) is 9.26 Å². The van der Waals surface area contributed by atoms with Gasteiger partial charge in [0, 0.05) is 18.7 Å². The van der Waals surface area contributed by atoms with Crippen molar-refractivity contribution in [2.45, 2.75) is 32.2 Å². The van der Waals surface area contributed by atoms with Crippen LogP contribution in [0.1, 0.15) is 36.8 Å². The van der Waals surface area contributed by atoms with Crippen molar-refractivity contribution in [3.05, 3.63) is 48.1 Å². The molecular weight excluding hydrogens is 348 g/mol. The number of hydrogen-bond acceptors (Lipinski definition) is 7. The first kappa shape index (κ1) is 17.2. The summed E-state index contributed by atoms with van der Waals surface area (Å²) in [6.07, 6.45) is 4.43. The van der Waals surface area contributed by atoms with Crippen LogP contribution in [0.5, 0.6) is 5.75 Å². The number of aromatic nitrogens is 5. The Morgan fingerprint density at radius 1 is 1.33 bits per heavy atom. The molecule has 1 saturated heterocycles. The maximum atomic E-state index is 12.8. The quantitative estimate of drug-likeness (QED) is 0.680. The number of piperidine rings is 1. The van der Waals surface area contributed by atoms with Crippen LogP contribution in [-0.2, 0) is 4.79 Å². The van der Waals surface area contributed by atoms with Crippen LogP contribution in [0.2, 0.25) is 0 Å². The van der Waals surface area contributed by atoms with E-state index in [-0.39, 0.29) is 18.6 Å². The number of tetrazole rings is 1. The highest BCUT2D eigenvalue weighted by atomic mass is 16.5. The van der Waals surface area contributed by atoms with Gasteiger partial charge in [0.25, 0.3) is 5.91 Å². The van der Waals surface area contributed by atoms with Crippen LogP contribution in [0, 0.1) is 6.92 Å². The fraction of sp³-hybridized carbons (Fsp3) is 0.389. The van der Waals surface area contributed by atoms with E-state index in [1.54, 1.807) is 12.1 Å². The summed E-state index contributed by atoms with van der Waals surface area (Å²) in [5.41, 5.74) is 1.57. The standard InChI is InChI=1S/C18H20N6O3/c1-13-9-16(20-27-13)17-7-2-3-8-23(17)18(25)11-26-15-6-4-5-14(10-15)24-12-19-21-22-24/h4-6,9-10,12,17H,2-3,7-8,11H2,1H3/t17-/m0/s1. The molecular formula is C18H20N6O3. The summed E-state index contributed by atoms with van der Waals surface area (Å²) in [6.45, 7) is 2.52. The van der Waals surface area contributed by atoms with E-state index in [9.17, 15) is 4.79 Å². The minimum Gasteiger partial charge on any atom is -0.484 e. The second-order valence-corrected chi connectivity index (χ2v) is 6.50. The summed E-state index contributed by atoms with van der Waals surface area (Å²) in [4.78, 5) is 14.6. The molecule has 27 heavy (non-hydrogen) atoms. The number of aryl methyl sites for hydroxylation is 1. The lowest BCUT2D eigenvalue weighted by atomic mass is 9.99. The molecule has 9 nitrogen and oxygen atoms in total. The van der Waals surface area contributed by atoms with Gasteiger partial charge in [-0.1, -0.05) is 11.2 Å². The van der Waals surface area contributed by atoms with Crippen LogP contribution >= 0.6 is 0 Å². The average molecular weight is 368 g/mol. The van der Waals surface area contributed by atoms with Gasteiger partial charge in [0.1, 0.15) is 23.5 Å². The maximum absolute atomic E-state index is 12.8. The van der Waals surface area contributed by atoms with Crippen molar-refractivity contribution in [3.63, 3.8) is 0 Å². The van der Waals surface area contributed by atoms with Crippen LogP contribution in [0.25, 0.3) is 5.69 Å². The number of ether oxygens (including phenoxy) is 1. The smallest absolute Gasteiger partial charge is 0.261 e. The van der Waals surface area contributed by atoms with Gasteiger partial charge in [-0.15, -0.1) is 5.10 Å². The van der Waals surface area contributed by atoms with E-state index < -0.39 is 0 Å². The fourth-order valence-electron chi connectivity index (χ4n) is 3.30. The minimum atomic E-state index is -0.0619. The normalized spacial score (nSPS) is 17.1. The summed E-state index contributed by atoms with van der Waals surface area (Å²) in [7, 11) is 0. The van der Waals surface area contributed by atoms with Crippen molar-refractivity contribution >= 4 is 5.91 Å². The molecule has 1 aliphatic rings. The Morgan fingerprint density at radius 3 is 3.04 bits per heavy atom. The van der Waals surface area contributed by atoms with Crippen LogP contribution in [0.4, 0.5) is 0 Å². The molecule has 1 fully saturated rings. The second kappa shape index (κ2) is 7.56. The van der Waals surface area contributed by atoms with Crippen molar-refractivity contribution < 1.29 is 14.1 Å². The lowest BCUT2D eigenvalue weighted by molar-refractivity contribution is -0.137. The first-order chi connectivity index (χ1) is 13.2. The van der Waals surface area contributed by atoms with Gasteiger partial charge in [0.2, 0.25) is 0 Å². The van der Waals surface area contributed by atoms with E-state index in [0.29, 0.717) is 12.3 Å². The van der Waals surface area contributed by atoms with E-state index in [2.05, 4.69) is 20.7 Å². The predicted molar refractivity (Wildman–Crippen MR) is 94.2 cm³/mol. The number of rotatable bonds is 5. The van der Waals surface area contributed by atoms with Gasteiger partial charge in [0.15, 0.2) is 6.61 Å². The molecule has 0 aliphatic carbocycles. The molecule has 1 aromatic carbocycles.